The highest BCUT2D eigenvalue weighted by Gasteiger charge is 2.53. The monoisotopic (exact) mass is 880 g/mol. The van der Waals surface area contributed by atoms with Gasteiger partial charge in [-0.2, -0.15) is 0 Å². The van der Waals surface area contributed by atoms with Crippen molar-refractivity contribution in [1.82, 2.24) is 0 Å². The van der Waals surface area contributed by atoms with Crippen LogP contribution in [0.1, 0.15) is 103 Å². The Bertz CT molecular complexity index is 3580. The summed E-state index contributed by atoms with van der Waals surface area (Å²) in [6, 6.07) is 62.3. The molecule has 3 heterocycles. The third-order valence-corrected chi connectivity index (χ3v) is 16.1. The quantitative estimate of drug-likeness (QED) is 0.165. The van der Waals surface area contributed by atoms with E-state index in [4.69, 9.17) is 4.42 Å². The van der Waals surface area contributed by atoms with Gasteiger partial charge in [-0.05, 0) is 143 Å². The van der Waals surface area contributed by atoms with Crippen molar-refractivity contribution < 1.29 is 4.42 Å². The van der Waals surface area contributed by atoms with Crippen molar-refractivity contribution in [2.24, 2.45) is 0 Å². The molecule has 332 valence electrons. The number of hydrogen-bond acceptors (Lipinski definition) is 3. The van der Waals surface area contributed by atoms with Gasteiger partial charge in [-0.15, -0.1) is 0 Å². The van der Waals surface area contributed by atoms with Gasteiger partial charge in [0.2, 0.25) is 0 Å². The molecule has 0 bridgehead atoms. The molecule has 3 nitrogen and oxygen atoms in total. The molecule has 8 aromatic carbocycles. The van der Waals surface area contributed by atoms with Crippen LogP contribution in [0.25, 0.3) is 55.5 Å². The van der Waals surface area contributed by atoms with Crippen molar-refractivity contribution in [1.29, 1.82) is 0 Å². The van der Waals surface area contributed by atoms with E-state index in [2.05, 4.69) is 243 Å². The third-order valence-electron chi connectivity index (χ3n) is 16.1. The van der Waals surface area contributed by atoms with Gasteiger partial charge >= 0.3 is 6.85 Å². The molecule has 0 spiro atoms. The molecule has 4 heteroatoms. The Balaban J connectivity index is 1.21. The zero-order valence-corrected chi connectivity index (χ0v) is 41.0. The van der Waals surface area contributed by atoms with Crippen LogP contribution in [0, 0.1) is 0 Å². The summed E-state index contributed by atoms with van der Waals surface area (Å²) in [6.07, 6.45) is 0. The summed E-state index contributed by atoms with van der Waals surface area (Å²) in [5, 5.41) is 1.11. The fourth-order valence-corrected chi connectivity index (χ4v) is 12.5. The van der Waals surface area contributed by atoms with E-state index < -0.39 is 0 Å². The number of nitrogens with zero attached hydrogens (tertiary/aromatic N) is 2. The largest absolute Gasteiger partial charge is 0.466 e. The van der Waals surface area contributed by atoms with Crippen LogP contribution in [0.15, 0.2) is 168 Å². The van der Waals surface area contributed by atoms with Gasteiger partial charge in [0, 0.05) is 44.5 Å². The molecule has 0 saturated carbocycles. The molecule has 13 rings (SSSR count). The maximum Gasteiger partial charge on any atom is 0.375 e. The van der Waals surface area contributed by atoms with Crippen LogP contribution >= 0.6 is 0 Å². The number of hydrogen-bond donors (Lipinski definition) is 0. The molecular weight excluding hydrogens is 824 g/mol. The van der Waals surface area contributed by atoms with Crippen LogP contribution in [0.3, 0.4) is 0 Å². The first kappa shape index (κ1) is 41.2. The maximum absolute atomic E-state index is 7.54. The van der Waals surface area contributed by atoms with E-state index in [-0.39, 0.29) is 28.5 Å². The summed E-state index contributed by atoms with van der Waals surface area (Å²) in [5.74, 6) is 0. The Kier molecular flexibility index (Phi) is 8.35. The first-order valence-electron chi connectivity index (χ1n) is 24.5. The van der Waals surface area contributed by atoms with E-state index >= 15 is 0 Å². The third kappa shape index (κ3) is 5.61. The van der Waals surface area contributed by atoms with Crippen molar-refractivity contribution >= 4 is 57.4 Å². The molecule has 2 aliphatic heterocycles. The summed E-state index contributed by atoms with van der Waals surface area (Å²) in [4.78, 5) is 5.26. The Labute approximate surface area is 402 Å². The van der Waals surface area contributed by atoms with Gasteiger partial charge in [0.1, 0.15) is 11.2 Å². The average Bonchev–Trinajstić information content (AvgIpc) is 3.90. The van der Waals surface area contributed by atoms with Gasteiger partial charge in [0.15, 0.2) is 0 Å². The molecule has 0 unspecified atom stereocenters. The number of anilines is 5. The van der Waals surface area contributed by atoms with E-state index in [0.29, 0.717) is 0 Å². The highest BCUT2D eigenvalue weighted by molar-refractivity contribution is 6.93. The predicted molar refractivity (Wildman–Crippen MR) is 288 cm³/mol. The molecular formula is C64H57BN2O. The lowest BCUT2D eigenvalue weighted by atomic mass is 9.45. The minimum absolute atomic E-state index is 0.000588. The van der Waals surface area contributed by atoms with Gasteiger partial charge in [-0.1, -0.05) is 178 Å². The fourth-order valence-electron chi connectivity index (χ4n) is 12.5. The van der Waals surface area contributed by atoms with Crippen LogP contribution < -0.4 is 20.8 Å². The number of benzene rings is 8. The SMILES string of the molecule is CC(C)(C)c1ccc(N2B3c4oc5ccc(-c6ccccc6)cc5c4N(c4ccc(C(C)(C)C)cc4)c4c3c(cc3c4C(C)(C)c4ccccc4-3)-c3cc4c(cc32)C(C)(C)c2ccccc2-4)cc1. The summed E-state index contributed by atoms with van der Waals surface area (Å²) >= 11 is 0. The molecule has 0 amide bonds. The molecule has 0 fully saturated rings. The molecule has 0 radical (unpaired) electrons. The fraction of sp³-hybridized carbons (Fsp3) is 0.219. The minimum Gasteiger partial charge on any atom is -0.466 e. The second-order valence-electron chi connectivity index (χ2n) is 23.0. The number of rotatable bonds is 3. The first-order chi connectivity index (χ1) is 32.5. The highest BCUT2D eigenvalue weighted by Crippen LogP contribution is 2.60. The standard InChI is InChI=1S/C64H57BN2O/c1-61(2,3)40-25-29-42(30-26-40)66-58-50-34-39(38-18-12-11-13-19-38)24-33-55(50)68-60(58)65-57-49(36-48-45-21-15-17-23-52(45)64(9,10)56(48)59(57)66)47-35-46-44-20-14-16-22-51(44)63(7,8)53(46)37-54(47)67(65)43-31-27-41(28-32-43)62(4,5)6/h11-37H,1-10H3. The smallest absolute Gasteiger partial charge is 0.375 e. The first-order valence-corrected chi connectivity index (χ1v) is 24.5. The average molecular weight is 881 g/mol. The number of fused-ring (bicyclic) bond motifs is 13. The van der Waals surface area contributed by atoms with Crippen LogP contribution in [0.2, 0.25) is 0 Å². The Hall–Kier alpha value is -7.04. The van der Waals surface area contributed by atoms with Gasteiger partial charge in [-0.25, -0.2) is 0 Å². The molecule has 2 aliphatic carbocycles. The highest BCUT2D eigenvalue weighted by atomic mass is 16.3. The molecule has 0 atom stereocenters. The van der Waals surface area contributed by atoms with Gasteiger partial charge < -0.3 is 14.1 Å². The minimum atomic E-state index is -0.308. The Morgan fingerprint density at radius 1 is 0.456 bits per heavy atom. The molecule has 0 N–H and O–H groups in total. The molecule has 0 saturated heterocycles. The second kappa shape index (κ2) is 13.8. The van der Waals surface area contributed by atoms with Gasteiger partial charge in [0.05, 0.1) is 5.69 Å². The lowest BCUT2D eigenvalue weighted by Crippen LogP contribution is -2.61. The molecule has 9 aromatic rings. The van der Waals surface area contributed by atoms with E-state index in [1.54, 1.807) is 0 Å². The van der Waals surface area contributed by atoms with Gasteiger partial charge in [0.25, 0.3) is 0 Å². The lowest BCUT2D eigenvalue weighted by molar-refractivity contribution is 0.590. The number of furan rings is 1. The van der Waals surface area contributed by atoms with E-state index in [1.807, 2.05) is 0 Å². The Morgan fingerprint density at radius 2 is 1.03 bits per heavy atom. The van der Waals surface area contributed by atoms with Gasteiger partial charge in [-0.3, -0.25) is 0 Å². The topological polar surface area (TPSA) is 19.6 Å². The van der Waals surface area contributed by atoms with Crippen LogP contribution in [-0.2, 0) is 21.7 Å². The molecule has 4 aliphatic rings. The maximum atomic E-state index is 7.54. The zero-order chi connectivity index (χ0) is 46.8. The van der Waals surface area contributed by atoms with E-state index in [0.717, 1.165) is 33.7 Å². The summed E-state index contributed by atoms with van der Waals surface area (Å²) in [6.45, 7) is 23.2. The normalized spacial score (nSPS) is 15.6. The van der Waals surface area contributed by atoms with Crippen molar-refractivity contribution in [3.05, 3.63) is 197 Å². The van der Waals surface area contributed by atoms with Crippen LogP contribution in [0.4, 0.5) is 28.4 Å². The van der Waals surface area contributed by atoms with Crippen molar-refractivity contribution in [3.63, 3.8) is 0 Å². The van der Waals surface area contributed by atoms with E-state index in [1.165, 1.54) is 94.7 Å². The molecule has 1 aromatic heterocycles. The second-order valence-corrected chi connectivity index (χ2v) is 23.0. The van der Waals surface area contributed by atoms with Crippen molar-refractivity contribution in [2.45, 2.75) is 90.9 Å². The van der Waals surface area contributed by atoms with Crippen molar-refractivity contribution in [2.75, 3.05) is 9.71 Å². The van der Waals surface area contributed by atoms with Crippen molar-refractivity contribution in [3.8, 4) is 44.5 Å². The Morgan fingerprint density at radius 3 is 1.68 bits per heavy atom. The predicted octanol–water partition coefficient (Wildman–Crippen LogP) is 16.0. The molecule has 68 heavy (non-hydrogen) atoms. The zero-order valence-electron chi connectivity index (χ0n) is 41.0. The van der Waals surface area contributed by atoms with Crippen LogP contribution in [0.5, 0.6) is 0 Å². The summed E-state index contributed by atoms with van der Waals surface area (Å²) < 4.78 is 7.54. The van der Waals surface area contributed by atoms with E-state index in [9.17, 15) is 0 Å². The lowest BCUT2D eigenvalue weighted by Gasteiger charge is -2.46. The summed E-state index contributed by atoms with van der Waals surface area (Å²) in [7, 11) is 0. The summed E-state index contributed by atoms with van der Waals surface area (Å²) in [5.41, 5.74) is 26.7. The van der Waals surface area contributed by atoms with Crippen LogP contribution in [-0.4, -0.2) is 6.85 Å².